The molecule has 1 fully saturated rings. The van der Waals surface area contributed by atoms with Gasteiger partial charge in [-0.05, 0) is 81.1 Å². The highest BCUT2D eigenvalue weighted by atomic mass is 35.5. The molecule has 0 bridgehead atoms. The zero-order chi connectivity index (χ0) is 24.2. The van der Waals surface area contributed by atoms with Gasteiger partial charge in [-0.3, -0.25) is 14.5 Å². The fourth-order valence-corrected chi connectivity index (χ4v) is 4.94. The van der Waals surface area contributed by atoms with Crippen LogP contribution in [0.15, 0.2) is 47.6 Å². The van der Waals surface area contributed by atoms with Crippen molar-refractivity contribution in [2.24, 2.45) is 11.0 Å². The number of nitrogens with zero attached hydrogens (tertiary/aromatic N) is 3. The van der Waals surface area contributed by atoms with E-state index in [4.69, 9.17) is 21.4 Å². The van der Waals surface area contributed by atoms with Crippen molar-refractivity contribution in [1.29, 1.82) is 0 Å². The summed E-state index contributed by atoms with van der Waals surface area (Å²) in [6.45, 7) is 8.04. The van der Waals surface area contributed by atoms with E-state index in [1.807, 2.05) is 31.2 Å². The van der Waals surface area contributed by atoms with Crippen molar-refractivity contribution >= 4 is 29.2 Å². The monoisotopic (exact) mass is 481 g/mol. The number of amides is 1. The number of halogens is 1. The van der Waals surface area contributed by atoms with Gasteiger partial charge in [-0.2, -0.15) is 5.10 Å². The van der Waals surface area contributed by atoms with E-state index in [1.165, 1.54) is 11.1 Å². The Morgan fingerprint density at radius 2 is 1.82 bits per heavy atom. The zero-order valence-corrected chi connectivity index (χ0v) is 20.8. The fraction of sp³-hybridized carbons (Fsp3) is 0.444. The molecule has 7 heteroatoms. The molecule has 4 rings (SSSR count). The van der Waals surface area contributed by atoms with Crippen LogP contribution in [0.1, 0.15) is 54.5 Å². The van der Waals surface area contributed by atoms with Gasteiger partial charge < -0.3 is 4.74 Å². The summed E-state index contributed by atoms with van der Waals surface area (Å²) in [5, 5.41) is 7.05. The third-order valence-corrected chi connectivity index (χ3v) is 7.18. The third kappa shape index (κ3) is 5.34. The summed E-state index contributed by atoms with van der Waals surface area (Å²) >= 11 is 6.53. The minimum absolute atomic E-state index is 0.0571. The molecule has 2 aromatic rings. The van der Waals surface area contributed by atoms with E-state index in [2.05, 4.69) is 36.9 Å². The molecule has 0 spiro atoms. The minimum Gasteiger partial charge on any atom is -0.466 e. The molecule has 0 aromatic heterocycles. The van der Waals surface area contributed by atoms with Gasteiger partial charge in [0.1, 0.15) is 0 Å². The van der Waals surface area contributed by atoms with Crippen molar-refractivity contribution in [3.8, 4) is 0 Å². The summed E-state index contributed by atoms with van der Waals surface area (Å²) in [6, 6.07) is 13.7. The molecule has 0 saturated carbocycles. The predicted molar refractivity (Wildman–Crippen MR) is 134 cm³/mol. The number of likely N-dealkylation sites (tertiary alicyclic amines) is 1. The maximum atomic E-state index is 13.5. The van der Waals surface area contributed by atoms with E-state index in [1.54, 1.807) is 5.01 Å². The van der Waals surface area contributed by atoms with Gasteiger partial charge in [0, 0.05) is 11.4 Å². The number of rotatable bonds is 6. The molecule has 1 atom stereocenters. The third-order valence-electron chi connectivity index (χ3n) is 6.84. The van der Waals surface area contributed by atoms with Crippen LogP contribution < -0.4 is 0 Å². The Morgan fingerprint density at radius 3 is 2.50 bits per heavy atom. The fourth-order valence-electron chi connectivity index (χ4n) is 4.67. The Balaban J connectivity index is 1.52. The van der Waals surface area contributed by atoms with Gasteiger partial charge in [-0.1, -0.05) is 41.9 Å². The van der Waals surface area contributed by atoms with Crippen molar-refractivity contribution < 1.29 is 14.3 Å². The van der Waals surface area contributed by atoms with Crippen LogP contribution in [-0.4, -0.2) is 53.7 Å². The van der Waals surface area contributed by atoms with Crippen molar-refractivity contribution in [3.05, 3.63) is 69.7 Å². The Bertz CT molecular complexity index is 1090. The highest BCUT2D eigenvalue weighted by Crippen LogP contribution is 2.36. The lowest BCUT2D eigenvalue weighted by atomic mass is 9.96. The van der Waals surface area contributed by atoms with Gasteiger partial charge in [-0.15, -0.1) is 0 Å². The second kappa shape index (κ2) is 10.7. The van der Waals surface area contributed by atoms with Crippen molar-refractivity contribution in [3.63, 3.8) is 0 Å². The van der Waals surface area contributed by atoms with Gasteiger partial charge in [0.2, 0.25) is 0 Å². The van der Waals surface area contributed by atoms with Crippen molar-refractivity contribution in [2.75, 3.05) is 26.2 Å². The summed E-state index contributed by atoms with van der Waals surface area (Å²) in [5.41, 5.74) is 5.25. The Morgan fingerprint density at radius 1 is 1.09 bits per heavy atom. The number of benzene rings is 2. The minimum atomic E-state index is -0.241. The second-order valence-electron chi connectivity index (χ2n) is 9.13. The Labute approximate surface area is 206 Å². The number of aryl methyl sites for hydroxylation is 2. The lowest BCUT2D eigenvalue weighted by Gasteiger charge is -2.32. The highest BCUT2D eigenvalue weighted by Gasteiger charge is 2.35. The number of hydrogen-bond donors (Lipinski definition) is 0. The van der Waals surface area contributed by atoms with Crippen LogP contribution in [0.2, 0.25) is 5.02 Å². The molecule has 0 radical (unpaired) electrons. The predicted octanol–water partition coefficient (Wildman–Crippen LogP) is 4.91. The number of carbonyl (C=O) groups excluding carboxylic acids is 2. The molecule has 0 N–H and O–H groups in total. The van der Waals surface area contributed by atoms with Crippen molar-refractivity contribution in [2.45, 2.75) is 46.1 Å². The molecular weight excluding hydrogens is 450 g/mol. The van der Waals surface area contributed by atoms with Crippen LogP contribution >= 0.6 is 11.6 Å². The van der Waals surface area contributed by atoms with Gasteiger partial charge in [0.05, 0.1) is 30.8 Å². The van der Waals surface area contributed by atoms with Crippen LogP contribution in [0, 0.1) is 19.8 Å². The molecule has 2 aromatic carbocycles. The average molecular weight is 482 g/mol. The highest BCUT2D eigenvalue weighted by molar-refractivity contribution is 6.31. The molecule has 34 heavy (non-hydrogen) atoms. The number of ether oxygens (including phenoxy) is 1. The van der Waals surface area contributed by atoms with Crippen LogP contribution in [0.25, 0.3) is 0 Å². The number of esters is 1. The number of carbonyl (C=O) groups is 2. The van der Waals surface area contributed by atoms with Crippen LogP contribution in [0.3, 0.4) is 0 Å². The summed E-state index contributed by atoms with van der Waals surface area (Å²) in [7, 11) is 0. The second-order valence-corrected chi connectivity index (χ2v) is 9.54. The maximum absolute atomic E-state index is 13.5. The van der Waals surface area contributed by atoms with Crippen molar-refractivity contribution in [1.82, 2.24) is 9.91 Å². The van der Waals surface area contributed by atoms with E-state index < -0.39 is 0 Å². The first-order valence-corrected chi connectivity index (χ1v) is 12.4. The first kappa shape index (κ1) is 24.4. The molecular formula is C27H32ClN3O3. The summed E-state index contributed by atoms with van der Waals surface area (Å²) in [4.78, 5) is 27.6. The molecule has 0 aliphatic carbocycles. The molecule has 2 heterocycles. The van der Waals surface area contributed by atoms with E-state index in [0.29, 0.717) is 44.0 Å². The molecule has 6 nitrogen and oxygen atoms in total. The molecule has 2 aliphatic heterocycles. The number of piperidine rings is 1. The lowest BCUT2D eigenvalue weighted by Crippen LogP contribution is -2.43. The number of hydrazone groups is 1. The maximum Gasteiger partial charge on any atom is 0.309 e. The molecule has 1 amide bonds. The zero-order valence-electron chi connectivity index (χ0n) is 20.1. The molecule has 180 valence electrons. The van der Waals surface area contributed by atoms with Crippen LogP contribution in [-0.2, 0) is 14.3 Å². The van der Waals surface area contributed by atoms with Crippen LogP contribution in [0.5, 0.6) is 0 Å². The van der Waals surface area contributed by atoms with E-state index in [9.17, 15) is 9.59 Å². The summed E-state index contributed by atoms with van der Waals surface area (Å²) in [6.07, 6.45) is 2.03. The summed E-state index contributed by atoms with van der Waals surface area (Å²) < 4.78 is 5.16. The average Bonchev–Trinajstić information content (AvgIpc) is 3.27. The van der Waals surface area contributed by atoms with E-state index >= 15 is 0 Å². The van der Waals surface area contributed by atoms with Gasteiger partial charge >= 0.3 is 5.97 Å². The Hall–Kier alpha value is -2.70. The molecule has 2 aliphatic rings. The first-order valence-electron chi connectivity index (χ1n) is 12.0. The van der Waals surface area contributed by atoms with Gasteiger partial charge in [0.15, 0.2) is 0 Å². The molecule has 1 saturated heterocycles. The SMILES string of the molecule is CCOC(=O)C1CCN(CC(=O)N2N=C(c3ccc(C)c(C)c3)C[C@H]2c2ccccc2Cl)CC1. The number of hydrogen-bond acceptors (Lipinski definition) is 5. The largest absolute Gasteiger partial charge is 0.466 e. The molecule has 0 unspecified atom stereocenters. The van der Waals surface area contributed by atoms with E-state index in [-0.39, 0.29) is 30.4 Å². The van der Waals surface area contributed by atoms with E-state index in [0.717, 1.165) is 16.8 Å². The smallest absolute Gasteiger partial charge is 0.309 e. The summed E-state index contributed by atoms with van der Waals surface area (Å²) in [5.74, 6) is -0.267. The van der Waals surface area contributed by atoms with Gasteiger partial charge in [-0.25, -0.2) is 5.01 Å². The Kier molecular flexibility index (Phi) is 7.69. The lowest BCUT2D eigenvalue weighted by molar-refractivity contribution is -0.149. The first-order chi connectivity index (χ1) is 16.4. The van der Waals surface area contributed by atoms with Crippen LogP contribution in [0.4, 0.5) is 0 Å². The quantitative estimate of drug-likeness (QED) is 0.550. The standard InChI is InChI=1S/C27H32ClN3O3/c1-4-34-27(33)20-11-13-30(14-12-20)17-26(32)31-25(22-7-5-6-8-23(22)28)16-24(29-31)21-10-9-18(2)19(3)15-21/h5-10,15,20,25H,4,11-14,16-17H2,1-3H3/t25-/m0/s1. The topological polar surface area (TPSA) is 62.2 Å². The normalized spacial score (nSPS) is 19.2. The van der Waals surface area contributed by atoms with Gasteiger partial charge in [0.25, 0.3) is 5.91 Å².